The van der Waals surface area contributed by atoms with Gasteiger partial charge in [-0.2, -0.15) is 0 Å². The van der Waals surface area contributed by atoms with Gasteiger partial charge in [0.15, 0.2) is 5.82 Å². The first-order valence-electron chi connectivity index (χ1n) is 8.79. The number of rotatable bonds is 4. The third kappa shape index (κ3) is 2.90. The zero-order chi connectivity index (χ0) is 20.0. The molecule has 27 heavy (non-hydrogen) atoms. The van der Waals surface area contributed by atoms with Crippen LogP contribution in [0.5, 0.6) is 0 Å². The standard InChI is InChI=1S/C19H24N4O4/c1-18(2,3)19(27-4)17-21-12-8-6-5-7-11(12)16(26)23(17)13(15(25)22-19)9-10-14(20)24/h5-8,13H,9-10H2,1-4H3,(H2,20,24)(H,22,25). The van der Waals surface area contributed by atoms with Gasteiger partial charge in [-0.3, -0.25) is 19.0 Å². The van der Waals surface area contributed by atoms with E-state index >= 15 is 0 Å². The Morgan fingerprint density at radius 3 is 2.59 bits per heavy atom. The van der Waals surface area contributed by atoms with Gasteiger partial charge in [0.1, 0.15) is 6.04 Å². The predicted octanol–water partition coefficient (Wildman–Crippen LogP) is 1.18. The highest BCUT2D eigenvalue weighted by Gasteiger charge is 2.53. The van der Waals surface area contributed by atoms with Crippen molar-refractivity contribution in [2.75, 3.05) is 7.11 Å². The summed E-state index contributed by atoms with van der Waals surface area (Å²) in [5.41, 5.74) is 3.53. The van der Waals surface area contributed by atoms with Gasteiger partial charge in [-0.25, -0.2) is 4.98 Å². The van der Waals surface area contributed by atoms with Gasteiger partial charge in [-0.1, -0.05) is 32.9 Å². The lowest BCUT2D eigenvalue weighted by Gasteiger charge is -2.48. The SMILES string of the molecule is COC1(C(C)(C)C)NC(=O)C(CCC(N)=O)n2c1nc1ccccc1c2=O. The van der Waals surface area contributed by atoms with E-state index in [1.54, 1.807) is 24.3 Å². The van der Waals surface area contributed by atoms with E-state index < -0.39 is 29.0 Å². The summed E-state index contributed by atoms with van der Waals surface area (Å²) in [6.45, 7) is 5.69. The van der Waals surface area contributed by atoms with Crippen molar-refractivity contribution in [2.45, 2.75) is 45.4 Å². The summed E-state index contributed by atoms with van der Waals surface area (Å²) >= 11 is 0. The number of primary amides is 1. The van der Waals surface area contributed by atoms with Crippen LogP contribution in [0.1, 0.15) is 45.5 Å². The maximum Gasteiger partial charge on any atom is 0.262 e. The van der Waals surface area contributed by atoms with Crippen LogP contribution >= 0.6 is 0 Å². The Hall–Kier alpha value is -2.74. The van der Waals surface area contributed by atoms with Crippen molar-refractivity contribution in [1.29, 1.82) is 0 Å². The number of fused-ring (bicyclic) bond motifs is 2. The van der Waals surface area contributed by atoms with Crippen molar-refractivity contribution in [2.24, 2.45) is 11.1 Å². The first kappa shape index (κ1) is 19.0. The molecule has 1 aromatic carbocycles. The molecule has 1 aliphatic rings. The highest BCUT2D eigenvalue weighted by atomic mass is 16.5. The van der Waals surface area contributed by atoms with Crippen LogP contribution in [0.2, 0.25) is 0 Å². The summed E-state index contributed by atoms with van der Waals surface area (Å²) in [5, 5.41) is 3.31. The summed E-state index contributed by atoms with van der Waals surface area (Å²) in [5.74, 6) is -0.625. The molecule has 0 fully saturated rings. The maximum atomic E-state index is 13.3. The molecule has 0 bridgehead atoms. The Bertz CT molecular complexity index is 976. The fraction of sp³-hybridized carbons (Fsp3) is 0.474. The quantitative estimate of drug-likeness (QED) is 0.836. The van der Waals surface area contributed by atoms with Crippen LogP contribution in [0.15, 0.2) is 29.1 Å². The van der Waals surface area contributed by atoms with Crippen LogP contribution in [0.3, 0.4) is 0 Å². The van der Waals surface area contributed by atoms with Crippen molar-refractivity contribution in [3.63, 3.8) is 0 Å². The molecule has 144 valence electrons. The van der Waals surface area contributed by atoms with E-state index in [1.165, 1.54) is 11.7 Å². The minimum Gasteiger partial charge on any atom is -0.370 e. The summed E-state index contributed by atoms with van der Waals surface area (Å²) in [4.78, 5) is 42.2. The number of carbonyl (C=O) groups excluding carboxylic acids is 2. The number of para-hydroxylation sites is 1. The van der Waals surface area contributed by atoms with Crippen LogP contribution in [-0.2, 0) is 20.1 Å². The van der Waals surface area contributed by atoms with E-state index in [4.69, 9.17) is 10.5 Å². The number of aromatic nitrogens is 2. The molecule has 0 aliphatic carbocycles. The molecule has 2 aromatic rings. The fourth-order valence-electron chi connectivity index (χ4n) is 3.62. The molecule has 1 aromatic heterocycles. The van der Waals surface area contributed by atoms with Crippen LogP contribution in [0, 0.1) is 5.41 Å². The Morgan fingerprint density at radius 2 is 2.00 bits per heavy atom. The lowest BCUT2D eigenvalue weighted by Crippen LogP contribution is -2.64. The number of amides is 2. The van der Waals surface area contributed by atoms with Crippen molar-refractivity contribution >= 4 is 22.7 Å². The van der Waals surface area contributed by atoms with Gasteiger partial charge in [0, 0.05) is 18.9 Å². The fourth-order valence-corrected chi connectivity index (χ4v) is 3.62. The molecule has 2 heterocycles. The minimum atomic E-state index is -1.30. The van der Waals surface area contributed by atoms with Crippen molar-refractivity contribution in [3.8, 4) is 0 Å². The van der Waals surface area contributed by atoms with Gasteiger partial charge in [-0.15, -0.1) is 0 Å². The second-order valence-corrected chi connectivity index (χ2v) is 7.77. The highest BCUT2D eigenvalue weighted by Crippen LogP contribution is 2.42. The number of carbonyl (C=O) groups is 2. The molecule has 3 N–H and O–H groups in total. The molecule has 0 radical (unpaired) electrons. The summed E-state index contributed by atoms with van der Waals surface area (Å²) in [6.07, 6.45) is 0.0876. The van der Waals surface area contributed by atoms with Crippen LogP contribution in [-0.4, -0.2) is 28.5 Å². The van der Waals surface area contributed by atoms with Crippen molar-refractivity contribution in [1.82, 2.24) is 14.9 Å². The second kappa shape index (κ2) is 6.45. The molecular formula is C19H24N4O4. The Morgan fingerprint density at radius 1 is 1.33 bits per heavy atom. The van der Waals surface area contributed by atoms with Gasteiger partial charge in [0.25, 0.3) is 5.56 Å². The molecule has 2 atom stereocenters. The first-order chi connectivity index (χ1) is 12.6. The molecule has 3 rings (SSSR count). The van der Waals surface area contributed by atoms with E-state index in [9.17, 15) is 14.4 Å². The van der Waals surface area contributed by atoms with E-state index in [0.29, 0.717) is 16.7 Å². The molecular weight excluding hydrogens is 348 g/mol. The van der Waals surface area contributed by atoms with Gasteiger partial charge < -0.3 is 15.8 Å². The lowest BCUT2D eigenvalue weighted by molar-refractivity contribution is -0.167. The Balaban J connectivity index is 2.36. The largest absolute Gasteiger partial charge is 0.370 e. The Kier molecular flexibility index (Phi) is 4.55. The van der Waals surface area contributed by atoms with Crippen LogP contribution < -0.4 is 16.6 Å². The average Bonchev–Trinajstić information content (AvgIpc) is 2.59. The second-order valence-electron chi connectivity index (χ2n) is 7.77. The zero-order valence-electron chi connectivity index (χ0n) is 15.9. The van der Waals surface area contributed by atoms with Gasteiger partial charge in [-0.05, 0) is 18.6 Å². The van der Waals surface area contributed by atoms with Gasteiger partial charge in [0.2, 0.25) is 17.5 Å². The first-order valence-corrected chi connectivity index (χ1v) is 8.79. The molecule has 2 amide bonds. The molecule has 8 nitrogen and oxygen atoms in total. The molecule has 0 spiro atoms. The predicted molar refractivity (Wildman–Crippen MR) is 99.8 cm³/mol. The monoisotopic (exact) mass is 372 g/mol. The minimum absolute atomic E-state index is 0.0215. The molecule has 0 saturated heterocycles. The summed E-state index contributed by atoms with van der Waals surface area (Å²) in [6, 6.07) is 6.07. The van der Waals surface area contributed by atoms with E-state index in [2.05, 4.69) is 10.3 Å². The molecule has 8 heteroatoms. The number of ether oxygens (including phenoxy) is 1. The molecule has 2 unspecified atom stereocenters. The van der Waals surface area contributed by atoms with E-state index in [1.807, 2.05) is 20.8 Å². The average molecular weight is 372 g/mol. The number of methoxy groups -OCH3 is 1. The van der Waals surface area contributed by atoms with E-state index in [0.717, 1.165) is 0 Å². The highest BCUT2D eigenvalue weighted by molar-refractivity contribution is 5.85. The van der Waals surface area contributed by atoms with Crippen molar-refractivity contribution in [3.05, 3.63) is 40.4 Å². The van der Waals surface area contributed by atoms with Crippen LogP contribution in [0.4, 0.5) is 0 Å². The lowest BCUT2D eigenvalue weighted by atomic mass is 9.80. The smallest absolute Gasteiger partial charge is 0.262 e. The maximum absolute atomic E-state index is 13.3. The van der Waals surface area contributed by atoms with Crippen LogP contribution in [0.25, 0.3) is 10.9 Å². The normalized spacial score (nSPS) is 22.4. The third-order valence-corrected chi connectivity index (χ3v) is 5.06. The number of nitrogens with zero attached hydrogens (tertiary/aromatic N) is 2. The number of benzene rings is 1. The number of hydrogen-bond acceptors (Lipinski definition) is 5. The van der Waals surface area contributed by atoms with Gasteiger partial charge >= 0.3 is 0 Å². The summed E-state index contributed by atoms with van der Waals surface area (Å²) in [7, 11) is 1.47. The molecule has 0 saturated carbocycles. The Labute approximate surface area is 156 Å². The summed E-state index contributed by atoms with van der Waals surface area (Å²) < 4.78 is 7.13. The van der Waals surface area contributed by atoms with Gasteiger partial charge in [0.05, 0.1) is 10.9 Å². The van der Waals surface area contributed by atoms with E-state index in [-0.39, 0.29) is 18.4 Å². The zero-order valence-corrected chi connectivity index (χ0v) is 15.9. The van der Waals surface area contributed by atoms with Crippen molar-refractivity contribution < 1.29 is 14.3 Å². The molecule has 1 aliphatic heterocycles. The number of nitrogens with two attached hydrogens (primary N) is 1. The number of hydrogen-bond donors (Lipinski definition) is 2. The number of nitrogens with one attached hydrogen (secondary N) is 1. The topological polar surface area (TPSA) is 116 Å². The third-order valence-electron chi connectivity index (χ3n) is 5.06.